The minimum absolute atomic E-state index is 0.122. The number of amides is 1. The number of hydrazone groups is 1. The van der Waals surface area contributed by atoms with Gasteiger partial charge in [-0.15, -0.1) is 0 Å². The molecular formula is C21H25N3O3. The number of carbonyl (C=O) groups is 1. The molecule has 6 heteroatoms. The van der Waals surface area contributed by atoms with E-state index in [1.165, 1.54) is 5.01 Å². The van der Waals surface area contributed by atoms with Crippen LogP contribution in [-0.2, 0) is 0 Å². The second kappa shape index (κ2) is 8.58. The molecule has 1 heterocycles. The number of anilines is 1. The lowest BCUT2D eigenvalue weighted by Crippen LogP contribution is -2.32. The highest BCUT2D eigenvalue weighted by molar-refractivity contribution is 6.03. The molecular weight excluding hydrogens is 342 g/mol. The van der Waals surface area contributed by atoms with Gasteiger partial charge in [0, 0.05) is 23.4 Å². The number of methoxy groups -OCH3 is 1. The second-order valence-corrected chi connectivity index (χ2v) is 6.41. The van der Waals surface area contributed by atoms with E-state index >= 15 is 0 Å². The van der Waals surface area contributed by atoms with Gasteiger partial charge in [-0.2, -0.15) is 5.10 Å². The lowest BCUT2D eigenvalue weighted by molar-refractivity contribution is 0.0751. The maximum Gasteiger partial charge on any atom is 0.273 e. The highest BCUT2D eigenvalue weighted by Gasteiger charge is 2.21. The minimum atomic E-state index is -0.122. The van der Waals surface area contributed by atoms with Crippen LogP contribution in [0, 0.1) is 0 Å². The van der Waals surface area contributed by atoms with Gasteiger partial charge in [0.05, 0.1) is 19.4 Å². The van der Waals surface area contributed by atoms with Crippen LogP contribution in [0.5, 0.6) is 11.5 Å². The molecule has 0 fully saturated rings. The van der Waals surface area contributed by atoms with E-state index in [-0.39, 0.29) is 5.91 Å². The van der Waals surface area contributed by atoms with Crippen molar-refractivity contribution in [2.45, 2.75) is 26.2 Å². The molecule has 142 valence electrons. The monoisotopic (exact) mass is 367 g/mol. The van der Waals surface area contributed by atoms with E-state index in [4.69, 9.17) is 15.2 Å². The van der Waals surface area contributed by atoms with Gasteiger partial charge in [-0.05, 0) is 61.7 Å². The van der Waals surface area contributed by atoms with Crippen LogP contribution in [0.15, 0.2) is 47.6 Å². The van der Waals surface area contributed by atoms with E-state index in [1.54, 1.807) is 31.4 Å². The number of hydrogen-bond acceptors (Lipinski definition) is 5. The Labute approximate surface area is 159 Å². The van der Waals surface area contributed by atoms with Crippen molar-refractivity contribution < 1.29 is 14.3 Å². The summed E-state index contributed by atoms with van der Waals surface area (Å²) in [6, 6.07) is 12.7. The normalized spacial score (nSPS) is 13.9. The quantitative estimate of drug-likeness (QED) is 0.790. The standard InChI is InChI=1S/C21H25N3O3/c1-3-13-27-20-14-16(8-11-19(20)26-2)18-5-4-12-24(23-18)21(25)15-6-9-17(22)10-7-15/h6-11,14H,3-5,12-13,22H2,1-2H3. The van der Waals surface area contributed by atoms with Gasteiger partial charge in [0.25, 0.3) is 5.91 Å². The topological polar surface area (TPSA) is 77.2 Å². The molecule has 0 aromatic heterocycles. The summed E-state index contributed by atoms with van der Waals surface area (Å²) in [4.78, 5) is 12.7. The number of rotatable bonds is 6. The molecule has 0 spiro atoms. The summed E-state index contributed by atoms with van der Waals surface area (Å²) in [7, 11) is 1.62. The molecule has 2 aromatic rings. The van der Waals surface area contributed by atoms with Crippen molar-refractivity contribution in [2.24, 2.45) is 5.10 Å². The van der Waals surface area contributed by atoms with Crippen molar-refractivity contribution in [3.05, 3.63) is 53.6 Å². The number of hydrogen-bond donors (Lipinski definition) is 1. The molecule has 0 radical (unpaired) electrons. The molecule has 0 atom stereocenters. The smallest absolute Gasteiger partial charge is 0.273 e. The van der Waals surface area contributed by atoms with Crippen LogP contribution < -0.4 is 15.2 Å². The lowest BCUT2D eigenvalue weighted by Gasteiger charge is -2.24. The zero-order chi connectivity index (χ0) is 19.2. The predicted octanol–water partition coefficient (Wildman–Crippen LogP) is 3.71. The second-order valence-electron chi connectivity index (χ2n) is 6.41. The summed E-state index contributed by atoms with van der Waals surface area (Å²) in [6.07, 6.45) is 2.58. The van der Waals surface area contributed by atoms with E-state index in [1.807, 2.05) is 18.2 Å². The summed E-state index contributed by atoms with van der Waals surface area (Å²) in [5, 5.41) is 6.13. The van der Waals surface area contributed by atoms with Gasteiger partial charge in [0.1, 0.15) is 0 Å². The SMILES string of the molecule is CCCOc1cc(C2=NN(C(=O)c3ccc(N)cc3)CCC2)ccc1OC. The zero-order valence-corrected chi connectivity index (χ0v) is 15.8. The van der Waals surface area contributed by atoms with Gasteiger partial charge in [-0.3, -0.25) is 4.79 Å². The molecule has 1 amide bonds. The van der Waals surface area contributed by atoms with E-state index in [0.717, 1.165) is 30.5 Å². The van der Waals surface area contributed by atoms with Crippen LogP contribution in [-0.4, -0.2) is 36.9 Å². The first-order valence-electron chi connectivity index (χ1n) is 9.18. The predicted molar refractivity (Wildman–Crippen MR) is 106 cm³/mol. The van der Waals surface area contributed by atoms with E-state index in [0.29, 0.717) is 35.9 Å². The third-order valence-corrected chi connectivity index (χ3v) is 4.38. The number of nitrogen functional groups attached to an aromatic ring is 1. The first-order valence-corrected chi connectivity index (χ1v) is 9.18. The fraction of sp³-hybridized carbons (Fsp3) is 0.333. The van der Waals surface area contributed by atoms with Gasteiger partial charge in [0.15, 0.2) is 11.5 Å². The average Bonchev–Trinajstić information content (AvgIpc) is 2.72. The summed E-state index contributed by atoms with van der Waals surface area (Å²) in [5.74, 6) is 1.27. The molecule has 3 rings (SSSR count). The molecule has 0 saturated heterocycles. The van der Waals surface area contributed by atoms with Crippen LogP contribution in [0.2, 0.25) is 0 Å². The summed E-state index contributed by atoms with van der Waals surface area (Å²) >= 11 is 0. The Morgan fingerprint density at radius 3 is 2.67 bits per heavy atom. The largest absolute Gasteiger partial charge is 0.493 e. The first-order chi connectivity index (χ1) is 13.1. The zero-order valence-electron chi connectivity index (χ0n) is 15.8. The van der Waals surface area contributed by atoms with E-state index in [9.17, 15) is 4.79 Å². The molecule has 1 aliphatic heterocycles. The number of carbonyl (C=O) groups excluding carboxylic acids is 1. The fourth-order valence-corrected chi connectivity index (χ4v) is 2.95. The maximum atomic E-state index is 12.7. The van der Waals surface area contributed by atoms with Gasteiger partial charge < -0.3 is 15.2 Å². The van der Waals surface area contributed by atoms with Crippen molar-refractivity contribution in [2.75, 3.05) is 26.0 Å². The van der Waals surface area contributed by atoms with Crippen molar-refractivity contribution in [3.8, 4) is 11.5 Å². The lowest BCUT2D eigenvalue weighted by atomic mass is 10.0. The van der Waals surface area contributed by atoms with Crippen LogP contribution in [0.3, 0.4) is 0 Å². The average molecular weight is 367 g/mol. The Balaban J connectivity index is 1.85. The third kappa shape index (κ3) is 4.39. The Bertz CT molecular complexity index is 831. The Morgan fingerprint density at radius 2 is 1.96 bits per heavy atom. The molecule has 0 unspecified atom stereocenters. The Hall–Kier alpha value is -3.02. The Morgan fingerprint density at radius 1 is 1.19 bits per heavy atom. The van der Waals surface area contributed by atoms with E-state index in [2.05, 4.69) is 12.0 Å². The number of nitrogens with two attached hydrogens (primary N) is 1. The van der Waals surface area contributed by atoms with Crippen LogP contribution >= 0.6 is 0 Å². The molecule has 0 aliphatic carbocycles. The first kappa shape index (κ1) is 18.8. The number of ether oxygens (including phenoxy) is 2. The summed E-state index contributed by atoms with van der Waals surface area (Å²) in [6.45, 7) is 3.28. The maximum absolute atomic E-state index is 12.7. The highest BCUT2D eigenvalue weighted by atomic mass is 16.5. The van der Waals surface area contributed by atoms with Crippen molar-refractivity contribution in [1.82, 2.24) is 5.01 Å². The fourth-order valence-electron chi connectivity index (χ4n) is 2.95. The molecule has 2 aromatic carbocycles. The highest BCUT2D eigenvalue weighted by Crippen LogP contribution is 2.30. The van der Waals surface area contributed by atoms with Crippen LogP contribution in [0.25, 0.3) is 0 Å². The van der Waals surface area contributed by atoms with Crippen molar-refractivity contribution >= 4 is 17.3 Å². The number of nitrogens with zero attached hydrogens (tertiary/aromatic N) is 2. The van der Waals surface area contributed by atoms with Crippen molar-refractivity contribution in [1.29, 1.82) is 0 Å². The molecule has 2 N–H and O–H groups in total. The summed E-state index contributed by atoms with van der Waals surface area (Å²) in [5.41, 5.74) is 8.72. The van der Waals surface area contributed by atoms with Crippen LogP contribution in [0.1, 0.15) is 42.1 Å². The third-order valence-electron chi connectivity index (χ3n) is 4.38. The van der Waals surface area contributed by atoms with E-state index < -0.39 is 0 Å². The molecule has 27 heavy (non-hydrogen) atoms. The van der Waals surface area contributed by atoms with Gasteiger partial charge >= 0.3 is 0 Å². The van der Waals surface area contributed by atoms with Gasteiger partial charge in [-0.1, -0.05) is 6.92 Å². The minimum Gasteiger partial charge on any atom is -0.493 e. The number of benzene rings is 2. The molecule has 0 bridgehead atoms. The van der Waals surface area contributed by atoms with Crippen LogP contribution in [0.4, 0.5) is 5.69 Å². The van der Waals surface area contributed by atoms with Gasteiger partial charge in [-0.25, -0.2) is 5.01 Å². The molecule has 0 saturated carbocycles. The Kier molecular flexibility index (Phi) is 5.96. The molecule has 6 nitrogen and oxygen atoms in total. The van der Waals surface area contributed by atoms with Crippen molar-refractivity contribution in [3.63, 3.8) is 0 Å². The van der Waals surface area contributed by atoms with Gasteiger partial charge in [0.2, 0.25) is 0 Å². The summed E-state index contributed by atoms with van der Waals surface area (Å²) < 4.78 is 11.2. The molecule has 1 aliphatic rings.